The zero-order chi connectivity index (χ0) is 21.1. The summed E-state index contributed by atoms with van der Waals surface area (Å²) in [5, 5.41) is 0.676. The molecule has 8 heteroatoms. The van der Waals surface area contributed by atoms with Gasteiger partial charge < -0.3 is 19.3 Å². The van der Waals surface area contributed by atoms with Gasteiger partial charge in [0.1, 0.15) is 0 Å². The Morgan fingerprint density at radius 3 is 2.50 bits per heavy atom. The summed E-state index contributed by atoms with van der Waals surface area (Å²) in [5.74, 6) is 1.78. The van der Waals surface area contributed by atoms with Gasteiger partial charge in [0.15, 0.2) is 11.5 Å². The number of benzene rings is 2. The number of anilines is 1. The van der Waals surface area contributed by atoms with Gasteiger partial charge in [0.25, 0.3) is 5.91 Å². The van der Waals surface area contributed by atoms with Crippen LogP contribution in [0.2, 0.25) is 5.02 Å². The molecule has 3 aromatic rings. The minimum absolute atomic E-state index is 0.0661. The molecule has 1 fully saturated rings. The molecule has 0 bridgehead atoms. The van der Waals surface area contributed by atoms with E-state index in [9.17, 15) is 4.79 Å². The topological polar surface area (TPSA) is 59.8 Å². The number of aromatic nitrogens is 2. The van der Waals surface area contributed by atoms with Crippen molar-refractivity contribution in [1.29, 1.82) is 0 Å². The molecule has 7 nitrogen and oxygen atoms in total. The van der Waals surface area contributed by atoms with E-state index in [1.807, 2.05) is 39.9 Å². The molecular weight excluding hydrogens is 404 g/mol. The maximum atomic E-state index is 13.1. The highest BCUT2D eigenvalue weighted by Crippen LogP contribution is 2.32. The van der Waals surface area contributed by atoms with Gasteiger partial charge in [-0.15, -0.1) is 0 Å². The fourth-order valence-electron chi connectivity index (χ4n) is 3.69. The van der Waals surface area contributed by atoms with Crippen LogP contribution in [0.3, 0.4) is 0 Å². The molecule has 0 aliphatic carbocycles. The van der Waals surface area contributed by atoms with Crippen molar-refractivity contribution in [3.63, 3.8) is 0 Å². The number of amides is 1. The van der Waals surface area contributed by atoms with Gasteiger partial charge in [-0.05, 0) is 30.3 Å². The molecule has 0 atom stereocenters. The van der Waals surface area contributed by atoms with E-state index in [2.05, 4.69) is 9.88 Å². The molecule has 0 radical (unpaired) electrons. The quantitative estimate of drug-likeness (QED) is 0.625. The van der Waals surface area contributed by atoms with Crippen molar-refractivity contribution >= 4 is 23.5 Å². The highest BCUT2D eigenvalue weighted by atomic mass is 35.5. The normalized spacial score (nSPS) is 14.0. The molecule has 1 saturated heterocycles. The third-order valence-corrected chi connectivity index (χ3v) is 5.43. The second-order valence-corrected chi connectivity index (χ2v) is 7.33. The third-order valence-electron chi connectivity index (χ3n) is 5.19. The Bertz CT molecular complexity index is 1040. The van der Waals surface area contributed by atoms with Gasteiger partial charge in [0, 0.05) is 49.3 Å². The van der Waals surface area contributed by atoms with E-state index in [0.29, 0.717) is 48.3 Å². The van der Waals surface area contributed by atoms with Gasteiger partial charge in [-0.1, -0.05) is 23.7 Å². The second kappa shape index (κ2) is 8.67. The molecule has 30 heavy (non-hydrogen) atoms. The average molecular weight is 427 g/mol. The van der Waals surface area contributed by atoms with Crippen LogP contribution in [0, 0.1) is 0 Å². The van der Waals surface area contributed by atoms with Gasteiger partial charge in [-0.25, -0.2) is 4.98 Å². The Labute approximate surface area is 180 Å². The molecular formula is C22H23ClN4O3. The number of rotatable bonds is 5. The number of hydrogen-bond donors (Lipinski definition) is 0. The Morgan fingerprint density at radius 2 is 1.80 bits per heavy atom. The zero-order valence-corrected chi connectivity index (χ0v) is 17.7. The van der Waals surface area contributed by atoms with Gasteiger partial charge in [0.05, 0.1) is 19.8 Å². The van der Waals surface area contributed by atoms with Crippen molar-refractivity contribution < 1.29 is 14.3 Å². The molecule has 1 aliphatic heterocycles. The first-order valence-corrected chi connectivity index (χ1v) is 10.0. The molecule has 0 N–H and O–H groups in total. The van der Waals surface area contributed by atoms with Crippen LogP contribution in [0.25, 0.3) is 5.69 Å². The molecule has 0 spiro atoms. The lowest BCUT2D eigenvalue weighted by Gasteiger charge is -2.35. The lowest BCUT2D eigenvalue weighted by atomic mass is 10.1. The third kappa shape index (κ3) is 3.80. The first-order valence-electron chi connectivity index (χ1n) is 9.67. The predicted molar refractivity (Wildman–Crippen MR) is 116 cm³/mol. The van der Waals surface area contributed by atoms with Crippen LogP contribution in [0.1, 0.15) is 10.4 Å². The zero-order valence-electron chi connectivity index (χ0n) is 16.9. The summed E-state index contributed by atoms with van der Waals surface area (Å²) in [6.07, 6.45) is 3.69. The largest absolute Gasteiger partial charge is 0.493 e. The van der Waals surface area contributed by atoms with Crippen LogP contribution in [0.15, 0.2) is 54.9 Å². The summed E-state index contributed by atoms with van der Waals surface area (Å²) >= 11 is 6.15. The Morgan fingerprint density at radius 1 is 1.03 bits per heavy atom. The number of carbonyl (C=O) groups is 1. The second-order valence-electron chi connectivity index (χ2n) is 6.90. The lowest BCUT2D eigenvalue weighted by Crippen LogP contribution is -2.49. The Balaban J connectivity index is 1.49. The van der Waals surface area contributed by atoms with E-state index in [0.717, 1.165) is 11.6 Å². The summed E-state index contributed by atoms with van der Waals surface area (Å²) < 4.78 is 12.8. The van der Waals surface area contributed by atoms with Crippen molar-refractivity contribution in [2.45, 2.75) is 0 Å². The van der Waals surface area contributed by atoms with Gasteiger partial charge in [-0.2, -0.15) is 0 Å². The summed E-state index contributed by atoms with van der Waals surface area (Å²) in [4.78, 5) is 21.6. The number of ether oxygens (including phenoxy) is 2. The monoisotopic (exact) mass is 426 g/mol. The first kappa shape index (κ1) is 20.1. The van der Waals surface area contributed by atoms with Crippen molar-refractivity contribution in [3.8, 4) is 17.2 Å². The number of halogens is 1. The van der Waals surface area contributed by atoms with E-state index in [1.54, 1.807) is 38.6 Å². The van der Waals surface area contributed by atoms with E-state index >= 15 is 0 Å². The molecule has 0 unspecified atom stereocenters. The molecule has 1 amide bonds. The van der Waals surface area contributed by atoms with Crippen molar-refractivity contribution in [3.05, 3.63) is 65.4 Å². The van der Waals surface area contributed by atoms with Crippen LogP contribution in [-0.2, 0) is 0 Å². The molecule has 1 aromatic heterocycles. The van der Waals surface area contributed by atoms with Crippen LogP contribution in [-0.4, -0.2) is 60.8 Å². The first-order chi connectivity index (χ1) is 14.6. The minimum atomic E-state index is -0.0661. The smallest absolute Gasteiger partial charge is 0.257 e. The predicted octanol–water partition coefficient (Wildman–Crippen LogP) is 3.51. The molecule has 4 rings (SSSR count). The maximum Gasteiger partial charge on any atom is 0.257 e. The van der Waals surface area contributed by atoms with Gasteiger partial charge >= 0.3 is 0 Å². The fraction of sp³-hybridized carbons (Fsp3) is 0.273. The Kier molecular flexibility index (Phi) is 5.81. The summed E-state index contributed by atoms with van der Waals surface area (Å²) in [7, 11) is 3.11. The van der Waals surface area contributed by atoms with E-state index in [1.165, 1.54) is 0 Å². The summed E-state index contributed by atoms with van der Waals surface area (Å²) in [6, 6.07) is 13.0. The number of carbonyl (C=O) groups excluding carboxylic acids is 1. The molecule has 2 heterocycles. The summed E-state index contributed by atoms with van der Waals surface area (Å²) in [6.45, 7) is 2.52. The van der Waals surface area contributed by atoms with Crippen molar-refractivity contribution in [2.24, 2.45) is 0 Å². The SMILES string of the molecule is COc1cccc(C(=O)N2CCN(c3nccn3-c3cccc(Cl)c3)CC2)c1OC. The lowest BCUT2D eigenvalue weighted by molar-refractivity contribution is 0.0742. The number of methoxy groups -OCH3 is 2. The molecule has 2 aromatic carbocycles. The number of hydrogen-bond acceptors (Lipinski definition) is 5. The minimum Gasteiger partial charge on any atom is -0.493 e. The highest BCUT2D eigenvalue weighted by Gasteiger charge is 2.27. The number of imidazole rings is 1. The molecule has 156 valence electrons. The van der Waals surface area contributed by atoms with Gasteiger partial charge in [-0.3, -0.25) is 9.36 Å². The van der Waals surface area contributed by atoms with Crippen molar-refractivity contribution in [2.75, 3.05) is 45.3 Å². The van der Waals surface area contributed by atoms with Crippen LogP contribution >= 0.6 is 11.6 Å². The van der Waals surface area contributed by atoms with E-state index < -0.39 is 0 Å². The highest BCUT2D eigenvalue weighted by molar-refractivity contribution is 6.30. The average Bonchev–Trinajstić information content (AvgIpc) is 3.28. The van der Waals surface area contributed by atoms with E-state index in [-0.39, 0.29) is 5.91 Å². The maximum absolute atomic E-state index is 13.1. The summed E-state index contributed by atoms with van der Waals surface area (Å²) in [5.41, 5.74) is 1.46. The number of nitrogens with zero attached hydrogens (tertiary/aromatic N) is 4. The van der Waals surface area contributed by atoms with Crippen molar-refractivity contribution in [1.82, 2.24) is 14.5 Å². The van der Waals surface area contributed by atoms with E-state index in [4.69, 9.17) is 21.1 Å². The fourth-order valence-corrected chi connectivity index (χ4v) is 3.88. The Hall–Kier alpha value is -3.19. The van der Waals surface area contributed by atoms with Gasteiger partial charge in [0.2, 0.25) is 5.95 Å². The number of piperazine rings is 1. The molecule has 0 saturated carbocycles. The standard InChI is InChI=1S/C22H23ClN4O3/c1-29-19-8-4-7-18(20(19)30-2)21(28)25-11-13-26(14-12-25)22-24-9-10-27(22)17-6-3-5-16(23)15-17/h3-10,15H,11-14H2,1-2H3. The van der Waals surface area contributed by atoms with Crippen LogP contribution < -0.4 is 14.4 Å². The van der Waals surface area contributed by atoms with Crippen LogP contribution in [0.4, 0.5) is 5.95 Å². The molecule has 1 aliphatic rings. The van der Waals surface area contributed by atoms with Crippen LogP contribution in [0.5, 0.6) is 11.5 Å². The number of para-hydroxylation sites is 1.